The van der Waals surface area contributed by atoms with E-state index in [1.807, 2.05) is 19.9 Å². The van der Waals surface area contributed by atoms with Crippen molar-refractivity contribution in [2.75, 3.05) is 36.0 Å². The second kappa shape index (κ2) is 12.8. The molecule has 11 heteroatoms. The molecule has 0 spiro atoms. The number of urea groups is 1. The molecule has 2 saturated heterocycles. The van der Waals surface area contributed by atoms with Gasteiger partial charge in [-0.3, -0.25) is 19.9 Å². The zero-order valence-electron chi connectivity index (χ0n) is 27.7. The molecule has 1 aliphatic carbocycles. The lowest BCUT2D eigenvalue weighted by Gasteiger charge is -2.36. The number of nitriles is 1. The number of nitrogens with one attached hydrogen (secondary N) is 1. The number of carbonyl (C=O) groups excluding carboxylic acids is 2. The lowest BCUT2D eigenvalue weighted by atomic mass is 9.94. The first kappa shape index (κ1) is 31.5. The van der Waals surface area contributed by atoms with E-state index in [2.05, 4.69) is 85.9 Å². The molecule has 7 rings (SSSR count). The Kier molecular flexibility index (Phi) is 8.43. The Morgan fingerprint density at radius 3 is 2.40 bits per heavy atom. The van der Waals surface area contributed by atoms with Crippen molar-refractivity contribution in [3.05, 3.63) is 82.9 Å². The van der Waals surface area contributed by atoms with Crippen molar-refractivity contribution < 1.29 is 14.1 Å². The molecular formula is C37H40N8O3. The van der Waals surface area contributed by atoms with Crippen LogP contribution in [0, 0.1) is 38.0 Å². The molecule has 2 aliphatic heterocycles. The predicted octanol–water partition coefficient (Wildman–Crippen LogP) is 6.11. The number of nitrogens with zero attached hydrogens (tertiary/aromatic N) is 7. The maximum absolute atomic E-state index is 12.2. The first-order valence-electron chi connectivity index (χ1n) is 16.7. The lowest BCUT2D eigenvalue weighted by Crippen LogP contribution is -2.50. The molecule has 0 unspecified atom stereocenters. The number of hydrogen-bond acceptors (Lipinski definition) is 9. The molecule has 1 saturated carbocycles. The van der Waals surface area contributed by atoms with Gasteiger partial charge in [-0.15, -0.1) is 5.10 Å². The summed E-state index contributed by atoms with van der Waals surface area (Å²) in [4.78, 5) is 30.0. The van der Waals surface area contributed by atoms with Gasteiger partial charge in [0.25, 0.3) is 0 Å². The van der Waals surface area contributed by atoms with E-state index < -0.39 is 6.03 Å². The summed E-state index contributed by atoms with van der Waals surface area (Å²) in [6, 6.07) is 21.0. The summed E-state index contributed by atoms with van der Waals surface area (Å²) >= 11 is 0. The summed E-state index contributed by atoms with van der Waals surface area (Å²) in [5.74, 6) is 1.47. The largest absolute Gasteiger partial charge is 0.361 e. The normalized spacial score (nSPS) is 18.0. The standard InChI is InChI=1S/C37H40N8O3/c1-24-4-5-28(35-25(2)42-48-26(35)3)20-32(24)45(31-9-6-29(7-10-31)37(23-38)15-16-37)21-27-12-17-43(18-13-27)22-30-8-11-33(41-40-30)44-19-14-34(46)39-36(44)47/h4-11,20,27H,12-19,21-22H2,1-3H3,(H,39,46,47). The maximum atomic E-state index is 12.2. The smallest absolute Gasteiger partial charge is 0.329 e. The molecule has 2 aromatic heterocycles. The molecule has 3 aliphatic rings. The van der Waals surface area contributed by atoms with E-state index in [4.69, 9.17) is 4.52 Å². The summed E-state index contributed by atoms with van der Waals surface area (Å²) in [5, 5.41) is 25.0. The highest BCUT2D eigenvalue weighted by Gasteiger charge is 2.44. The van der Waals surface area contributed by atoms with E-state index in [1.165, 1.54) is 10.5 Å². The number of aryl methyl sites for hydroxylation is 3. The van der Waals surface area contributed by atoms with Gasteiger partial charge in [-0.05, 0) is 112 Å². The third-order valence-corrected chi connectivity index (χ3v) is 10.1. The van der Waals surface area contributed by atoms with Crippen molar-refractivity contribution in [3.8, 4) is 17.2 Å². The van der Waals surface area contributed by atoms with Gasteiger partial charge in [0, 0.05) is 43.0 Å². The number of carbonyl (C=O) groups is 2. The average Bonchev–Trinajstić information content (AvgIpc) is 3.83. The highest BCUT2D eigenvalue weighted by molar-refractivity contribution is 6.05. The predicted molar refractivity (Wildman–Crippen MR) is 182 cm³/mol. The van der Waals surface area contributed by atoms with Crippen LogP contribution in [-0.4, -0.2) is 58.4 Å². The molecule has 246 valence electrons. The van der Waals surface area contributed by atoms with Gasteiger partial charge >= 0.3 is 6.03 Å². The van der Waals surface area contributed by atoms with Crippen LogP contribution < -0.4 is 15.1 Å². The van der Waals surface area contributed by atoms with Crippen LogP contribution >= 0.6 is 0 Å². The Balaban J connectivity index is 1.06. The van der Waals surface area contributed by atoms with Gasteiger partial charge in [0.2, 0.25) is 5.91 Å². The minimum absolute atomic E-state index is 0.251. The van der Waals surface area contributed by atoms with Crippen molar-refractivity contribution in [1.82, 2.24) is 25.6 Å². The zero-order valence-corrected chi connectivity index (χ0v) is 27.7. The fourth-order valence-corrected chi connectivity index (χ4v) is 7.02. The number of piperidine rings is 1. The molecular weight excluding hydrogens is 604 g/mol. The quantitative estimate of drug-likeness (QED) is 0.229. The third kappa shape index (κ3) is 6.28. The van der Waals surface area contributed by atoms with Crippen LogP contribution in [0.25, 0.3) is 11.1 Å². The second-order valence-corrected chi connectivity index (χ2v) is 13.4. The van der Waals surface area contributed by atoms with Gasteiger partial charge in [0.05, 0.1) is 22.9 Å². The number of anilines is 3. The molecule has 0 bridgehead atoms. The monoisotopic (exact) mass is 644 g/mol. The fourth-order valence-electron chi connectivity index (χ4n) is 7.02. The highest BCUT2D eigenvalue weighted by Crippen LogP contribution is 2.48. The Morgan fingerprint density at radius 1 is 1.00 bits per heavy atom. The molecule has 4 heterocycles. The molecule has 0 radical (unpaired) electrons. The second-order valence-electron chi connectivity index (χ2n) is 13.4. The van der Waals surface area contributed by atoms with Crippen molar-refractivity contribution in [3.63, 3.8) is 0 Å². The van der Waals surface area contributed by atoms with Gasteiger partial charge in [0.1, 0.15) is 5.76 Å². The van der Waals surface area contributed by atoms with Crippen LogP contribution in [0.2, 0.25) is 0 Å². The summed E-state index contributed by atoms with van der Waals surface area (Å²) in [6.07, 6.45) is 4.19. The lowest BCUT2D eigenvalue weighted by molar-refractivity contribution is -0.120. The van der Waals surface area contributed by atoms with Crippen LogP contribution in [0.5, 0.6) is 0 Å². The first-order valence-corrected chi connectivity index (χ1v) is 16.7. The number of likely N-dealkylation sites (tertiary alicyclic amines) is 1. The van der Waals surface area contributed by atoms with Gasteiger partial charge < -0.3 is 9.42 Å². The topological polar surface area (TPSA) is 131 Å². The van der Waals surface area contributed by atoms with E-state index in [9.17, 15) is 14.9 Å². The van der Waals surface area contributed by atoms with Crippen LogP contribution in [0.3, 0.4) is 0 Å². The Morgan fingerprint density at radius 2 is 1.77 bits per heavy atom. The highest BCUT2D eigenvalue weighted by atomic mass is 16.5. The Hall–Kier alpha value is -5.08. The number of amides is 3. The summed E-state index contributed by atoms with van der Waals surface area (Å²) in [7, 11) is 0. The summed E-state index contributed by atoms with van der Waals surface area (Å²) in [6.45, 7) is 9.85. The van der Waals surface area contributed by atoms with Gasteiger partial charge in [-0.25, -0.2) is 4.79 Å². The molecule has 0 atom stereocenters. The summed E-state index contributed by atoms with van der Waals surface area (Å²) < 4.78 is 5.51. The maximum Gasteiger partial charge on any atom is 0.329 e. The fraction of sp³-hybridized carbons (Fsp3) is 0.405. The zero-order chi connectivity index (χ0) is 33.4. The van der Waals surface area contributed by atoms with E-state index in [0.29, 0.717) is 24.8 Å². The van der Waals surface area contributed by atoms with E-state index in [-0.39, 0.29) is 17.7 Å². The van der Waals surface area contributed by atoms with E-state index >= 15 is 0 Å². The average molecular weight is 645 g/mol. The number of hydrogen-bond donors (Lipinski definition) is 1. The van der Waals surface area contributed by atoms with Crippen LogP contribution in [0.1, 0.15) is 60.4 Å². The van der Waals surface area contributed by atoms with Gasteiger partial charge in [-0.2, -0.15) is 10.4 Å². The van der Waals surface area contributed by atoms with Crippen molar-refractivity contribution in [2.45, 2.75) is 64.8 Å². The number of benzene rings is 2. The molecule has 3 fully saturated rings. The minimum Gasteiger partial charge on any atom is -0.361 e. The van der Waals surface area contributed by atoms with Crippen molar-refractivity contribution >= 4 is 29.1 Å². The Labute approximate surface area is 280 Å². The van der Waals surface area contributed by atoms with Crippen molar-refractivity contribution in [1.29, 1.82) is 5.26 Å². The molecule has 48 heavy (non-hydrogen) atoms. The molecule has 4 aromatic rings. The van der Waals surface area contributed by atoms with Crippen molar-refractivity contribution in [2.24, 2.45) is 5.92 Å². The molecule has 11 nitrogen and oxygen atoms in total. The third-order valence-electron chi connectivity index (χ3n) is 10.1. The SMILES string of the molecule is Cc1ccc(-c2c(C)noc2C)cc1N(CC1CCN(Cc2ccc(N3CCC(=O)NC3=O)nn2)CC1)c1ccc(C2(C#N)CC2)cc1. The number of aromatic nitrogens is 3. The summed E-state index contributed by atoms with van der Waals surface area (Å²) in [5.41, 5.74) is 8.12. The molecule has 1 N–H and O–H groups in total. The van der Waals surface area contributed by atoms with Crippen LogP contribution in [0.4, 0.5) is 22.0 Å². The number of rotatable bonds is 9. The van der Waals surface area contributed by atoms with E-state index in [1.54, 1.807) is 6.07 Å². The van der Waals surface area contributed by atoms with Crippen LogP contribution in [0.15, 0.2) is 59.1 Å². The van der Waals surface area contributed by atoms with Crippen LogP contribution in [-0.2, 0) is 16.8 Å². The number of imide groups is 1. The van der Waals surface area contributed by atoms with E-state index in [0.717, 1.165) is 90.5 Å². The Bertz CT molecular complexity index is 1850. The minimum atomic E-state index is -0.458. The van der Waals surface area contributed by atoms with Gasteiger partial charge in [0.15, 0.2) is 5.82 Å². The molecule has 2 aromatic carbocycles. The molecule has 3 amide bonds. The first-order chi connectivity index (χ1) is 23.2. The van der Waals surface area contributed by atoms with Gasteiger partial charge in [-0.1, -0.05) is 29.4 Å².